The Labute approximate surface area is 126 Å². The molecule has 0 aromatic heterocycles. The highest BCUT2D eigenvalue weighted by molar-refractivity contribution is 5.86. The van der Waals surface area contributed by atoms with Gasteiger partial charge in [0.25, 0.3) is 0 Å². The Morgan fingerprint density at radius 2 is 1.90 bits per heavy atom. The van der Waals surface area contributed by atoms with Gasteiger partial charge in [0.1, 0.15) is 0 Å². The maximum Gasteiger partial charge on any atom is 0.0494 e. The van der Waals surface area contributed by atoms with Crippen LogP contribution in [0.1, 0.15) is 24.8 Å². The van der Waals surface area contributed by atoms with Crippen molar-refractivity contribution in [2.75, 3.05) is 25.5 Å². The standard InChI is InChI=1S/C18H24N2O/c19-18-11-16-5-2-1-4-15(16)10-17(18)12-20-8-3-9-21-13-14-6-7-14/h1-2,4-5,10-11,14,20H,3,6-9,12-13,19H2. The second kappa shape index (κ2) is 6.92. The lowest BCUT2D eigenvalue weighted by atomic mass is 10.1. The van der Waals surface area contributed by atoms with Gasteiger partial charge in [-0.1, -0.05) is 24.3 Å². The minimum atomic E-state index is 0.819. The highest BCUT2D eigenvalue weighted by Crippen LogP contribution is 2.28. The normalized spacial score (nSPS) is 14.7. The van der Waals surface area contributed by atoms with Crippen molar-refractivity contribution in [1.82, 2.24) is 5.32 Å². The first kappa shape index (κ1) is 14.4. The lowest BCUT2D eigenvalue weighted by Gasteiger charge is -2.10. The monoisotopic (exact) mass is 284 g/mol. The van der Waals surface area contributed by atoms with Crippen molar-refractivity contribution >= 4 is 16.5 Å². The summed E-state index contributed by atoms with van der Waals surface area (Å²) >= 11 is 0. The van der Waals surface area contributed by atoms with E-state index in [-0.39, 0.29) is 0 Å². The molecule has 2 aromatic carbocycles. The topological polar surface area (TPSA) is 47.3 Å². The van der Waals surface area contributed by atoms with Gasteiger partial charge in [-0.05, 0) is 60.2 Å². The largest absolute Gasteiger partial charge is 0.398 e. The summed E-state index contributed by atoms with van der Waals surface area (Å²) in [6.07, 6.45) is 3.78. The maximum absolute atomic E-state index is 6.12. The molecule has 0 aliphatic heterocycles. The van der Waals surface area contributed by atoms with E-state index in [0.29, 0.717) is 0 Å². The van der Waals surface area contributed by atoms with Gasteiger partial charge in [0.2, 0.25) is 0 Å². The molecule has 3 N–H and O–H groups in total. The third kappa shape index (κ3) is 4.19. The Bertz CT molecular complexity index is 593. The molecule has 2 aromatic rings. The Morgan fingerprint density at radius 3 is 2.67 bits per heavy atom. The van der Waals surface area contributed by atoms with Gasteiger partial charge in [0, 0.05) is 25.4 Å². The minimum absolute atomic E-state index is 0.819. The van der Waals surface area contributed by atoms with Gasteiger partial charge in [0.05, 0.1) is 0 Å². The molecule has 0 unspecified atom stereocenters. The number of fused-ring (bicyclic) bond motifs is 1. The van der Waals surface area contributed by atoms with Crippen molar-refractivity contribution < 1.29 is 4.74 Å². The van der Waals surface area contributed by atoms with Crippen molar-refractivity contribution in [3.05, 3.63) is 42.0 Å². The van der Waals surface area contributed by atoms with Crippen LogP contribution in [0.2, 0.25) is 0 Å². The third-order valence-electron chi connectivity index (χ3n) is 4.02. The van der Waals surface area contributed by atoms with Crippen LogP contribution in [-0.2, 0) is 11.3 Å². The Morgan fingerprint density at radius 1 is 1.14 bits per heavy atom. The number of hydrogen-bond donors (Lipinski definition) is 2. The fraction of sp³-hybridized carbons (Fsp3) is 0.444. The molecule has 1 aliphatic rings. The molecule has 0 bridgehead atoms. The third-order valence-corrected chi connectivity index (χ3v) is 4.02. The molecule has 0 saturated heterocycles. The quantitative estimate of drug-likeness (QED) is 0.577. The van der Waals surface area contributed by atoms with Gasteiger partial charge in [0.15, 0.2) is 0 Å². The first-order valence-electron chi connectivity index (χ1n) is 7.88. The fourth-order valence-electron chi connectivity index (χ4n) is 2.51. The molecular weight excluding hydrogens is 260 g/mol. The van der Waals surface area contributed by atoms with Crippen LogP contribution in [0, 0.1) is 5.92 Å². The minimum Gasteiger partial charge on any atom is -0.398 e. The number of benzene rings is 2. The summed E-state index contributed by atoms with van der Waals surface area (Å²) in [4.78, 5) is 0. The van der Waals surface area contributed by atoms with Crippen LogP contribution < -0.4 is 11.1 Å². The molecule has 0 atom stereocenters. The summed E-state index contributed by atoms with van der Waals surface area (Å²) in [5.74, 6) is 0.857. The number of rotatable bonds is 8. The first-order chi connectivity index (χ1) is 10.3. The van der Waals surface area contributed by atoms with Crippen LogP contribution in [0.3, 0.4) is 0 Å². The first-order valence-corrected chi connectivity index (χ1v) is 7.88. The lowest BCUT2D eigenvalue weighted by molar-refractivity contribution is 0.122. The van der Waals surface area contributed by atoms with Crippen LogP contribution in [0.25, 0.3) is 10.8 Å². The molecule has 1 saturated carbocycles. The molecule has 112 valence electrons. The van der Waals surface area contributed by atoms with E-state index < -0.39 is 0 Å². The molecule has 1 fully saturated rings. The summed E-state index contributed by atoms with van der Waals surface area (Å²) < 4.78 is 5.63. The average molecular weight is 284 g/mol. The summed E-state index contributed by atoms with van der Waals surface area (Å²) in [6, 6.07) is 12.6. The van der Waals surface area contributed by atoms with Gasteiger partial charge < -0.3 is 15.8 Å². The highest BCUT2D eigenvalue weighted by atomic mass is 16.5. The lowest BCUT2D eigenvalue weighted by Crippen LogP contribution is -2.17. The number of hydrogen-bond acceptors (Lipinski definition) is 3. The predicted octanol–water partition coefficient (Wildman–Crippen LogP) is 3.33. The Kier molecular flexibility index (Phi) is 4.73. The van der Waals surface area contributed by atoms with Crippen molar-refractivity contribution in [1.29, 1.82) is 0 Å². The van der Waals surface area contributed by atoms with Gasteiger partial charge >= 0.3 is 0 Å². The van der Waals surface area contributed by atoms with Crippen molar-refractivity contribution in [2.24, 2.45) is 5.92 Å². The Balaban J connectivity index is 1.42. The molecule has 0 radical (unpaired) electrons. The smallest absolute Gasteiger partial charge is 0.0494 e. The van der Waals surface area contributed by atoms with Crippen molar-refractivity contribution in [2.45, 2.75) is 25.8 Å². The zero-order chi connectivity index (χ0) is 14.5. The molecule has 3 heteroatoms. The van der Waals surface area contributed by atoms with E-state index in [1.165, 1.54) is 29.2 Å². The summed E-state index contributed by atoms with van der Waals surface area (Å²) in [5.41, 5.74) is 8.17. The number of nitrogens with one attached hydrogen (secondary N) is 1. The van der Waals surface area contributed by atoms with E-state index in [2.05, 4.69) is 35.6 Å². The van der Waals surface area contributed by atoms with E-state index in [1.807, 2.05) is 6.07 Å². The Hall–Kier alpha value is -1.58. The van der Waals surface area contributed by atoms with Gasteiger partial charge in [-0.3, -0.25) is 0 Å². The molecule has 1 aliphatic carbocycles. The second-order valence-electron chi connectivity index (χ2n) is 5.95. The molecule has 0 spiro atoms. The van der Waals surface area contributed by atoms with Crippen LogP contribution in [0.4, 0.5) is 5.69 Å². The molecule has 3 rings (SSSR count). The van der Waals surface area contributed by atoms with Gasteiger partial charge in [-0.15, -0.1) is 0 Å². The predicted molar refractivity (Wildman–Crippen MR) is 88.2 cm³/mol. The molecular formula is C18H24N2O. The number of ether oxygens (including phenoxy) is 1. The molecule has 0 heterocycles. The van der Waals surface area contributed by atoms with E-state index in [1.54, 1.807) is 0 Å². The van der Waals surface area contributed by atoms with Crippen LogP contribution in [0.5, 0.6) is 0 Å². The number of anilines is 1. The maximum atomic E-state index is 6.12. The van der Waals surface area contributed by atoms with E-state index >= 15 is 0 Å². The van der Waals surface area contributed by atoms with E-state index in [0.717, 1.165) is 44.3 Å². The van der Waals surface area contributed by atoms with Gasteiger partial charge in [-0.25, -0.2) is 0 Å². The van der Waals surface area contributed by atoms with Crippen LogP contribution in [-0.4, -0.2) is 19.8 Å². The summed E-state index contributed by atoms with van der Waals surface area (Å²) in [7, 11) is 0. The number of nitrogen functional groups attached to an aromatic ring is 1. The zero-order valence-electron chi connectivity index (χ0n) is 12.5. The highest BCUT2D eigenvalue weighted by Gasteiger charge is 2.20. The van der Waals surface area contributed by atoms with Crippen LogP contribution >= 0.6 is 0 Å². The van der Waals surface area contributed by atoms with Gasteiger partial charge in [-0.2, -0.15) is 0 Å². The SMILES string of the molecule is Nc1cc2ccccc2cc1CNCCCOCC1CC1. The average Bonchev–Trinajstić information content (AvgIpc) is 3.31. The molecule has 0 amide bonds. The second-order valence-corrected chi connectivity index (χ2v) is 5.95. The zero-order valence-corrected chi connectivity index (χ0v) is 12.5. The van der Waals surface area contributed by atoms with E-state index in [4.69, 9.17) is 10.5 Å². The molecule has 3 nitrogen and oxygen atoms in total. The fourth-order valence-corrected chi connectivity index (χ4v) is 2.51. The van der Waals surface area contributed by atoms with Crippen molar-refractivity contribution in [3.63, 3.8) is 0 Å². The molecule has 21 heavy (non-hydrogen) atoms. The number of nitrogens with two attached hydrogens (primary N) is 1. The van der Waals surface area contributed by atoms with Crippen LogP contribution in [0.15, 0.2) is 36.4 Å². The van der Waals surface area contributed by atoms with Crippen molar-refractivity contribution in [3.8, 4) is 0 Å². The summed E-state index contributed by atoms with van der Waals surface area (Å²) in [6.45, 7) is 3.60. The summed E-state index contributed by atoms with van der Waals surface area (Å²) in [5, 5.41) is 5.90. The van der Waals surface area contributed by atoms with E-state index in [9.17, 15) is 0 Å².